The molecule has 1 amide bonds. The molecule has 0 radical (unpaired) electrons. The van der Waals surface area contributed by atoms with Gasteiger partial charge in [0, 0.05) is 13.6 Å². The van der Waals surface area contributed by atoms with Crippen molar-refractivity contribution in [3.63, 3.8) is 0 Å². The lowest BCUT2D eigenvalue weighted by atomic mass is 10.2. The molecule has 1 aliphatic rings. The Bertz CT molecular complexity index is 495. The largest absolute Gasteiger partial charge is 0.371 e. The molecule has 1 aromatic rings. The molecule has 0 bridgehead atoms. The van der Waals surface area contributed by atoms with E-state index in [4.69, 9.17) is 5.26 Å². The normalized spacial score (nSPS) is 19.2. The molecule has 1 atom stereocenters. The van der Waals surface area contributed by atoms with Gasteiger partial charge in [-0.15, -0.1) is 0 Å². The first-order chi connectivity index (χ1) is 8.11. The second kappa shape index (κ2) is 4.42. The first-order valence-electron chi connectivity index (χ1n) is 5.33. The number of anilines is 1. The van der Waals surface area contributed by atoms with Crippen LogP contribution in [0.4, 0.5) is 10.1 Å². The smallest absolute Gasteiger partial charge is 0.244 e. The van der Waals surface area contributed by atoms with E-state index in [0.717, 1.165) is 6.07 Å². The zero-order valence-electron chi connectivity index (χ0n) is 9.40. The number of likely N-dealkylation sites (tertiary alicyclic amines) is 1. The summed E-state index contributed by atoms with van der Waals surface area (Å²) in [5.74, 6) is -0.542. The number of benzene rings is 1. The van der Waals surface area contributed by atoms with Gasteiger partial charge in [0.25, 0.3) is 0 Å². The average Bonchev–Trinajstić information content (AvgIpc) is 2.63. The number of carbonyl (C=O) groups excluding carboxylic acids is 1. The minimum absolute atomic E-state index is 0.0336. The lowest BCUT2D eigenvalue weighted by Gasteiger charge is -2.14. The Balaban J connectivity index is 2.15. The summed E-state index contributed by atoms with van der Waals surface area (Å²) in [6.45, 7) is 0.675. The maximum absolute atomic E-state index is 13.6. The Kier molecular flexibility index (Phi) is 2.96. The fraction of sp³-hybridized carbons (Fsp3) is 0.333. The van der Waals surface area contributed by atoms with E-state index in [1.165, 1.54) is 12.1 Å². The molecule has 1 N–H and O–H groups in total. The van der Waals surface area contributed by atoms with E-state index in [9.17, 15) is 9.18 Å². The van der Waals surface area contributed by atoms with Gasteiger partial charge in [-0.25, -0.2) is 4.39 Å². The Labute approximate surface area is 98.6 Å². The first kappa shape index (κ1) is 11.4. The second-order valence-corrected chi connectivity index (χ2v) is 4.05. The Morgan fingerprint density at radius 1 is 1.59 bits per heavy atom. The minimum Gasteiger partial charge on any atom is -0.371 e. The number of hydrogen-bond donors (Lipinski definition) is 1. The third-order valence-electron chi connectivity index (χ3n) is 2.86. The van der Waals surface area contributed by atoms with E-state index < -0.39 is 5.82 Å². The maximum Gasteiger partial charge on any atom is 0.244 e. The average molecular weight is 233 g/mol. The van der Waals surface area contributed by atoms with Crippen LogP contribution in [0.15, 0.2) is 18.2 Å². The number of rotatable bonds is 2. The molecule has 0 aromatic heterocycles. The molecule has 1 aliphatic heterocycles. The highest BCUT2D eigenvalue weighted by atomic mass is 19.1. The Morgan fingerprint density at radius 3 is 2.88 bits per heavy atom. The quantitative estimate of drug-likeness (QED) is 0.838. The van der Waals surface area contributed by atoms with Gasteiger partial charge in [0.1, 0.15) is 11.9 Å². The highest BCUT2D eigenvalue weighted by Gasteiger charge is 2.29. The number of amides is 1. The van der Waals surface area contributed by atoms with Crippen LogP contribution >= 0.6 is 0 Å². The Hall–Kier alpha value is -2.09. The molecule has 0 saturated carbocycles. The van der Waals surface area contributed by atoms with Crippen molar-refractivity contribution in [1.82, 2.24) is 4.90 Å². The van der Waals surface area contributed by atoms with Crippen molar-refractivity contribution in [2.45, 2.75) is 12.5 Å². The van der Waals surface area contributed by atoms with Crippen LogP contribution in [0.25, 0.3) is 0 Å². The number of nitrogens with one attached hydrogen (secondary N) is 1. The molecule has 1 fully saturated rings. The van der Waals surface area contributed by atoms with Crippen molar-refractivity contribution in [3.8, 4) is 6.07 Å². The van der Waals surface area contributed by atoms with Crippen LogP contribution in [0.2, 0.25) is 0 Å². The zero-order chi connectivity index (χ0) is 12.4. The van der Waals surface area contributed by atoms with E-state index >= 15 is 0 Å². The molecule has 1 unspecified atom stereocenters. The van der Waals surface area contributed by atoms with Crippen molar-refractivity contribution in [1.29, 1.82) is 5.26 Å². The SMILES string of the molecule is CN1CCC(Nc2ccc(C#N)cc2F)C1=O. The summed E-state index contributed by atoms with van der Waals surface area (Å²) in [5, 5.41) is 11.5. The number of hydrogen-bond acceptors (Lipinski definition) is 3. The molecule has 17 heavy (non-hydrogen) atoms. The van der Waals surface area contributed by atoms with Crippen LogP contribution in [0.1, 0.15) is 12.0 Å². The summed E-state index contributed by atoms with van der Waals surface area (Å²) >= 11 is 0. The van der Waals surface area contributed by atoms with Gasteiger partial charge in [-0.05, 0) is 24.6 Å². The van der Waals surface area contributed by atoms with Gasteiger partial charge in [0.15, 0.2) is 0 Å². The lowest BCUT2D eigenvalue weighted by molar-refractivity contribution is -0.127. The summed E-state index contributed by atoms with van der Waals surface area (Å²) < 4.78 is 13.6. The molecule has 2 rings (SSSR count). The molecule has 1 heterocycles. The molecule has 4 nitrogen and oxygen atoms in total. The highest BCUT2D eigenvalue weighted by Crippen LogP contribution is 2.20. The van der Waals surface area contributed by atoms with E-state index in [0.29, 0.717) is 13.0 Å². The molecule has 0 spiro atoms. The van der Waals surface area contributed by atoms with Crippen molar-refractivity contribution in [2.24, 2.45) is 0 Å². The fourth-order valence-corrected chi connectivity index (χ4v) is 1.85. The van der Waals surface area contributed by atoms with Gasteiger partial charge in [-0.1, -0.05) is 0 Å². The van der Waals surface area contributed by atoms with Gasteiger partial charge >= 0.3 is 0 Å². The van der Waals surface area contributed by atoms with Gasteiger partial charge in [-0.3, -0.25) is 4.79 Å². The summed E-state index contributed by atoms with van der Waals surface area (Å²) in [5.41, 5.74) is 0.528. The molecule has 88 valence electrons. The van der Waals surface area contributed by atoms with Crippen molar-refractivity contribution in [2.75, 3.05) is 18.9 Å². The minimum atomic E-state index is -0.508. The van der Waals surface area contributed by atoms with Crippen LogP contribution in [-0.4, -0.2) is 30.4 Å². The number of halogens is 1. The Morgan fingerprint density at radius 2 is 2.35 bits per heavy atom. The van der Waals surface area contributed by atoms with E-state index in [1.807, 2.05) is 6.07 Å². The second-order valence-electron chi connectivity index (χ2n) is 4.05. The topological polar surface area (TPSA) is 56.1 Å². The number of nitriles is 1. The molecule has 1 saturated heterocycles. The summed E-state index contributed by atoms with van der Waals surface area (Å²) in [6.07, 6.45) is 0.661. The van der Waals surface area contributed by atoms with Crippen LogP contribution in [-0.2, 0) is 4.79 Å². The molecular formula is C12H12FN3O. The van der Waals surface area contributed by atoms with E-state index in [-0.39, 0.29) is 23.2 Å². The van der Waals surface area contributed by atoms with Crippen molar-refractivity contribution >= 4 is 11.6 Å². The number of likely N-dealkylation sites (N-methyl/N-ethyl adjacent to an activating group) is 1. The first-order valence-corrected chi connectivity index (χ1v) is 5.33. The standard InChI is InChI=1S/C12H12FN3O/c1-16-5-4-11(12(16)17)15-10-3-2-8(7-14)6-9(10)13/h2-3,6,11,15H,4-5H2,1H3. The molecule has 5 heteroatoms. The summed E-state index contributed by atoms with van der Waals surface area (Å²) in [6, 6.07) is 5.65. The maximum atomic E-state index is 13.6. The summed E-state index contributed by atoms with van der Waals surface area (Å²) in [7, 11) is 1.72. The van der Waals surface area contributed by atoms with Crippen molar-refractivity contribution in [3.05, 3.63) is 29.6 Å². The third-order valence-corrected chi connectivity index (χ3v) is 2.86. The molecule has 1 aromatic carbocycles. The predicted molar refractivity (Wildman–Crippen MR) is 60.8 cm³/mol. The van der Waals surface area contributed by atoms with Crippen LogP contribution in [0.3, 0.4) is 0 Å². The third kappa shape index (κ3) is 2.21. The van der Waals surface area contributed by atoms with Crippen LogP contribution in [0, 0.1) is 17.1 Å². The molecular weight excluding hydrogens is 221 g/mol. The number of nitrogens with zero attached hydrogens (tertiary/aromatic N) is 2. The highest BCUT2D eigenvalue weighted by molar-refractivity contribution is 5.86. The van der Waals surface area contributed by atoms with Gasteiger partial charge < -0.3 is 10.2 Å². The zero-order valence-corrected chi connectivity index (χ0v) is 9.40. The van der Waals surface area contributed by atoms with Gasteiger partial charge in [-0.2, -0.15) is 5.26 Å². The van der Waals surface area contributed by atoms with Gasteiger partial charge in [0.05, 0.1) is 17.3 Å². The lowest BCUT2D eigenvalue weighted by Crippen LogP contribution is -2.31. The van der Waals surface area contributed by atoms with Crippen LogP contribution < -0.4 is 5.32 Å². The van der Waals surface area contributed by atoms with Gasteiger partial charge in [0.2, 0.25) is 5.91 Å². The van der Waals surface area contributed by atoms with E-state index in [2.05, 4.69) is 5.32 Å². The van der Waals surface area contributed by atoms with Crippen molar-refractivity contribution < 1.29 is 9.18 Å². The molecule has 0 aliphatic carbocycles. The fourth-order valence-electron chi connectivity index (χ4n) is 1.85. The monoisotopic (exact) mass is 233 g/mol. The van der Waals surface area contributed by atoms with Crippen LogP contribution in [0.5, 0.6) is 0 Å². The van der Waals surface area contributed by atoms with E-state index in [1.54, 1.807) is 11.9 Å². The number of carbonyl (C=O) groups is 1. The predicted octanol–water partition coefficient (Wildman–Crippen LogP) is 1.34. The summed E-state index contributed by atoms with van der Waals surface area (Å²) in [4.78, 5) is 13.2.